The van der Waals surface area contributed by atoms with E-state index in [4.69, 9.17) is 9.72 Å². The second-order valence-electron chi connectivity index (χ2n) is 7.54. The van der Waals surface area contributed by atoms with Crippen LogP contribution >= 0.6 is 0 Å². The van der Waals surface area contributed by atoms with E-state index in [2.05, 4.69) is 16.4 Å². The lowest BCUT2D eigenvalue weighted by molar-refractivity contribution is -0.152. The van der Waals surface area contributed by atoms with Crippen LogP contribution in [0.2, 0.25) is 0 Å². The van der Waals surface area contributed by atoms with Gasteiger partial charge in [0.2, 0.25) is 0 Å². The first-order chi connectivity index (χ1) is 12.9. The van der Waals surface area contributed by atoms with E-state index in [0.29, 0.717) is 5.92 Å². The van der Waals surface area contributed by atoms with E-state index < -0.39 is 5.60 Å². The lowest BCUT2D eigenvalue weighted by Crippen LogP contribution is -2.49. The zero-order valence-electron chi connectivity index (χ0n) is 16.5. The predicted octanol–water partition coefficient (Wildman–Crippen LogP) is 3.66. The number of carbonyl (C=O) groups is 1. The number of anilines is 2. The minimum absolute atomic E-state index is 0.0539. The number of likely N-dealkylation sites (tertiary alicyclic amines) is 1. The molecule has 0 aromatic carbocycles. The molecule has 0 atom stereocenters. The number of nitrogens with one attached hydrogen (secondary N) is 1. The number of piperidine rings is 1. The number of hydrogen-bond donors (Lipinski definition) is 1. The fraction of sp³-hybridized carbons (Fsp3) is 0.476. The van der Waals surface area contributed by atoms with Gasteiger partial charge in [-0.1, -0.05) is 6.07 Å². The van der Waals surface area contributed by atoms with Crippen LogP contribution in [0.3, 0.4) is 0 Å². The quantitative estimate of drug-likeness (QED) is 0.872. The fourth-order valence-electron chi connectivity index (χ4n) is 3.41. The number of amides is 1. The standard InChI is InChI=1S/C21H28N4O2/c1-15-13-17(24-19-7-5-6-10-22-19)14-18(23-15)16-8-11-25(12-9-16)20(26)21(2,3)27-4/h5-7,10,13-14,16H,8-9,11-12H2,1-4H3,(H,22,23,24). The number of aromatic nitrogens is 2. The van der Waals surface area contributed by atoms with E-state index in [1.165, 1.54) is 0 Å². The fourth-order valence-corrected chi connectivity index (χ4v) is 3.41. The van der Waals surface area contributed by atoms with E-state index in [0.717, 1.165) is 48.8 Å². The van der Waals surface area contributed by atoms with Crippen molar-refractivity contribution < 1.29 is 9.53 Å². The van der Waals surface area contributed by atoms with Gasteiger partial charge in [-0.05, 0) is 57.9 Å². The summed E-state index contributed by atoms with van der Waals surface area (Å²) in [6.07, 6.45) is 3.58. The first kappa shape index (κ1) is 19.3. The Balaban J connectivity index is 1.68. The van der Waals surface area contributed by atoms with Gasteiger partial charge in [0.1, 0.15) is 11.4 Å². The molecule has 1 amide bonds. The van der Waals surface area contributed by atoms with Gasteiger partial charge < -0.3 is 15.0 Å². The molecule has 1 aliphatic rings. The molecule has 144 valence electrons. The van der Waals surface area contributed by atoms with Crippen LogP contribution in [0, 0.1) is 6.92 Å². The number of methoxy groups -OCH3 is 1. The molecule has 0 bridgehead atoms. The van der Waals surface area contributed by atoms with Crippen molar-refractivity contribution >= 4 is 17.4 Å². The highest BCUT2D eigenvalue weighted by molar-refractivity contribution is 5.84. The van der Waals surface area contributed by atoms with Crippen molar-refractivity contribution in [2.75, 3.05) is 25.5 Å². The molecule has 1 saturated heterocycles. The number of carbonyl (C=O) groups excluding carboxylic acids is 1. The van der Waals surface area contributed by atoms with Gasteiger partial charge >= 0.3 is 0 Å². The van der Waals surface area contributed by atoms with Gasteiger partial charge in [0.25, 0.3) is 5.91 Å². The summed E-state index contributed by atoms with van der Waals surface area (Å²) < 4.78 is 5.33. The molecule has 0 radical (unpaired) electrons. The normalized spacial score (nSPS) is 15.6. The van der Waals surface area contributed by atoms with Crippen molar-refractivity contribution in [2.45, 2.75) is 45.1 Å². The molecule has 0 spiro atoms. The minimum atomic E-state index is -0.770. The van der Waals surface area contributed by atoms with Crippen LogP contribution in [0.25, 0.3) is 0 Å². The Morgan fingerprint density at radius 3 is 2.63 bits per heavy atom. The number of pyridine rings is 2. The lowest BCUT2D eigenvalue weighted by Gasteiger charge is -2.36. The van der Waals surface area contributed by atoms with Crippen molar-refractivity contribution in [3.05, 3.63) is 47.9 Å². The number of rotatable bonds is 5. The molecule has 2 aromatic heterocycles. The van der Waals surface area contributed by atoms with Gasteiger partial charge in [-0.25, -0.2) is 4.98 Å². The van der Waals surface area contributed by atoms with Crippen LogP contribution < -0.4 is 5.32 Å². The van der Waals surface area contributed by atoms with Gasteiger partial charge in [0, 0.05) is 49.4 Å². The van der Waals surface area contributed by atoms with Crippen LogP contribution in [0.5, 0.6) is 0 Å². The predicted molar refractivity (Wildman–Crippen MR) is 106 cm³/mol. The number of nitrogens with zero attached hydrogens (tertiary/aromatic N) is 3. The van der Waals surface area contributed by atoms with E-state index in [1.807, 2.05) is 49.9 Å². The van der Waals surface area contributed by atoms with Crippen LogP contribution in [-0.4, -0.2) is 46.6 Å². The van der Waals surface area contributed by atoms with Crippen LogP contribution in [-0.2, 0) is 9.53 Å². The average Bonchev–Trinajstić information content (AvgIpc) is 2.68. The third-order valence-corrected chi connectivity index (χ3v) is 5.14. The molecule has 0 aliphatic carbocycles. The number of aryl methyl sites for hydroxylation is 1. The van der Waals surface area contributed by atoms with Crippen molar-refractivity contribution in [1.29, 1.82) is 0 Å². The van der Waals surface area contributed by atoms with Crippen molar-refractivity contribution in [2.24, 2.45) is 0 Å². The Labute approximate surface area is 161 Å². The first-order valence-electron chi connectivity index (χ1n) is 9.40. The molecule has 0 unspecified atom stereocenters. The lowest BCUT2D eigenvalue weighted by atomic mass is 9.91. The Hall–Kier alpha value is -2.47. The third-order valence-electron chi connectivity index (χ3n) is 5.14. The summed E-state index contributed by atoms with van der Waals surface area (Å²) in [4.78, 5) is 23.5. The summed E-state index contributed by atoms with van der Waals surface area (Å²) in [5, 5.41) is 3.35. The summed E-state index contributed by atoms with van der Waals surface area (Å²) in [7, 11) is 1.58. The second kappa shape index (κ2) is 8.05. The summed E-state index contributed by atoms with van der Waals surface area (Å²) in [5.41, 5.74) is 2.28. The highest BCUT2D eigenvalue weighted by Crippen LogP contribution is 2.30. The maximum absolute atomic E-state index is 12.6. The number of hydrogen-bond acceptors (Lipinski definition) is 5. The van der Waals surface area contributed by atoms with E-state index in [1.54, 1.807) is 13.3 Å². The molecular formula is C21H28N4O2. The topological polar surface area (TPSA) is 67.3 Å². The molecule has 3 heterocycles. The Kier molecular flexibility index (Phi) is 5.75. The molecule has 3 rings (SSSR count). The maximum Gasteiger partial charge on any atom is 0.254 e. The molecule has 1 aliphatic heterocycles. The molecule has 6 heteroatoms. The first-order valence-corrected chi connectivity index (χ1v) is 9.40. The van der Waals surface area contributed by atoms with Crippen LogP contribution in [0.15, 0.2) is 36.5 Å². The molecule has 6 nitrogen and oxygen atoms in total. The Morgan fingerprint density at radius 2 is 2.00 bits per heavy atom. The summed E-state index contributed by atoms with van der Waals surface area (Å²) in [5.74, 6) is 1.22. The second-order valence-corrected chi connectivity index (χ2v) is 7.54. The van der Waals surface area contributed by atoms with Gasteiger partial charge in [-0.3, -0.25) is 9.78 Å². The van der Waals surface area contributed by atoms with Gasteiger partial charge in [0.05, 0.1) is 0 Å². The largest absolute Gasteiger partial charge is 0.369 e. The molecule has 1 N–H and O–H groups in total. The number of ether oxygens (including phenoxy) is 1. The summed E-state index contributed by atoms with van der Waals surface area (Å²) >= 11 is 0. The molecular weight excluding hydrogens is 340 g/mol. The zero-order chi connectivity index (χ0) is 19.4. The smallest absolute Gasteiger partial charge is 0.254 e. The van der Waals surface area contributed by atoms with Crippen LogP contribution in [0.4, 0.5) is 11.5 Å². The van der Waals surface area contributed by atoms with Crippen LogP contribution in [0.1, 0.15) is 44.0 Å². The Bertz CT molecular complexity index is 784. The molecule has 2 aromatic rings. The molecule has 27 heavy (non-hydrogen) atoms. The van der Waals surface area contributed by atoms with E-state index in [-0.39, 0.29) is 5.91 Å². The highest BCUT2D eigenvalue weighted by atomic mass is 16.5. The monoisotopic (exact) mass is 368 g/mol. The molecule has 0 saturated carbocycles. The maximum atomic E-state index is 12.6. The Morgan fingerprint density at radius 1 is 1.26 bits per heavy atom. The minimum Gasteiger partial charge on any atom is -0.369 e. The van der Waals surface area contributed by atoms with Gasteiger partial charge in [0.15, 0.2) is 0 Å². The summed E-state index contributed by atoms with van der Waals surface area (Å²) in [6.45, 7) is 7.11. The average molecular weight is 368 g/mol. The van der Waals surface area contributed by atoms with Crippen molar-refractivity contribution in [3.8, 4) is 0 Å². The van der Waals surface area contributed by atoms with E-state index >= 15 is 0 Å². The zero-order valence-corrected chi connectivity index (χ0v) is 16.5. The highest BCUT2D eigenvalue weighted by Gasteiger charge is 2.34. The van der Waals surface area contributed by atoms with Gasteiger partial charge in [-0.15, -0.1) is 0 Å². The van der Waals surface area contributed by atoms with Gasteiger partial charge in [-0.2, -0.15) is 0 Å². The summed E-state index contributed by atoms with van der Waals surface area (Å²) in [6, 6.07) is 9.92. The van der Waals surface area contributed by atoms with Crippen molar-refractivity contribution in [3.63, 3.8) is 0 Å². The van der Waals surface area contributed by atoms with Crippen molar-refractivity contribution in [1.82, 2.24) is 14.9 Å². The molecule has 1 fully saturated rings. The SMILES string of the molecule is COC(C)(C)C(=O)N1CCC(c2cc(Nc3ccccn3)cc(C)n2)CC1. The third kappa shape index (κ3) is 4.63. The van der Waals surface area contributed by atoms with E-state index in [9.17, 15) is 4.79 Å².